The second-order valence-electron chi connectivity index (χ2n) is 6.49. The molecule has 1 aliphatic rings. The third-order valence-electron chi connectivity index (χ3n) is 4.63. The number of rotatable bonds is 4. The first-order chi connectivity index (χ1) is 13.4. The molecule has 5 nitrogen and oxygen atoms in total. The summed E-state index contributed by atoms with van der Waals surface area (Å²) < 4.78 is 31.6. The third-order valence-corrected chi connectivity index (χ3v) is 4.63. The average molecular weight is 386 g/mol. The fraction of sp³-hybridized carbons (Fsp3) is 0.238. The number of carbonyl (C=O) groups excluding carboxylic acids is 2. The first kappa shape index (κ1) is 19.5. The van der Waals surface area contributed by atoms with Gasteiger partial charge in [-0.2, -0.15) is 0 Å². The van der Waals surface area contributed by atoms with Crippen LogP contribution in [-0.4, -0.2) is 25.7 Å². The van der Waals surface area contributed by atoms with Crippen molar-refractivity contribution in [2.45, 2.75) is 19.4 Å². The van der Waals surface area contributed by atoms with Gasteiger partial charge in [-0.15, -0.1) is 0 Å². The highest BCUT2D eigenvalue weighted by Crippen LogP contribution is 2.31. The molecule has 2 aromatic carbocycles. The highest BCUT2D eigenvalue weighted by atomic mass is 19.1. The minimum absolute atomic E-state index is 0.00300. The molecule has 3 rings (SSSR count). The molecule has 1 atom stereocenters. The number of fused-ring (bicyclic) bond motifs is 1. The Bertz CT molecular complexity index is 943. The van der Waals surface area contributed by atoms with Gasteiger partial charge in [-0.25, -0.2) is 13.6 Å². The summed E-state index contributed by atoms with van der Waals surface area (Å²) in [7, 11) is 1.34. The molecule has 0 radical (unpaired) electrons. The summed E-state index contributed by atoms with van der Waals surface area (Å²) in [5, 5.41) is 2.79. The number of halogens is 2. The van der Waals surface area contributed by atoms with Crippen LogP contribution in [0.15, 0.2) is 42.5 Å². The molecule has 7 heteroatoms. The zero-order chi connectivity index (χ0) is 20.3. The Hall–Kier alpha value is -3.22. The first-order valence-electron chi connectivity index (χ1n) is 8.81. The predicted octanol–water partition coefficient (Wildman–Crippen LogP) is 3.98. The van der Waals surface area contributed by atoms with Crippen LogP contribution in [0.5, 0.6) is 0 Å². The number of methoxy groups -OCH3 is 1. The molecule has 146 valence electrons. The molecule has 0 saturated heterocycles. The van der Waals surface area contributed by atoms with E-state index in [9.17, 15) is 18.4 Å². The normalized spacial score (nSPS) is 14.1. The number of nitrogens with zero attached hydrogens (tertiary/aromatic N) is 1. The van der Waals surface area contributed by atoms with Crippen LogP contribution in [0.2, 0.25) is 0 Å². The number of hydrogen-bond donors (Lipinski definition) is 1. The first-order valence-corrected chi connectivity index (χ1v) is 8.81. The molecular weight excluding hydrogens is 366 g/mol. The van der Waals surface area contributed by atoms with Crippen LogP contribution in [0.4, 0.5) is 19.3 Å². The fourth-order valence-corrected chi connectivity index (χ4v) is 3.14. The number of carbonyl (C=O) groups is 2. The van der Waals surface area contributed by atoms with Gasteiger partial charge in [0, 0.05) is 18.2 Å². The lowest BCUT2D eigenvalue weighted by Gasteiger charge is -2.17. The number of anilines is 1. The Labute approximate surface area is 161 Å². The average Bonchev–Trinajstić information content (AvgIpc) is 3.11. The van der Waals surface area contributed by atoms with E-state index in [2.05, 4.69) is 5.32 Å². The summed E-state index contributed by atoms with van der Waals surface area (Å²) >= 11 is 0. The molecule has 2 amide bonds. The Balaban J connectivity index is 1.67. The van der Waals surface area contributed by atoms with Crippen LogP contribution in [0.25, 0.3) is 6.08 Å². The van der Waals surface area contributed by atoms with Gasteiger partial charge in [0.05, 0.1) is 18.8 Å². The molecule has 1 heterocycles. The molecule has 2 aromatic rings. The van der Waals surface area contributed by atoms with Crippen molar-refractivity contribution in [3.05, 3.63) is 70.8 Å². The number of benzene rings is 2. The van der Waals surface area contributed by atoms with E-state index < -0.39 is 23.6 Å². The van der Waals surface area contributed by atoms with Gasteiger partial charge < -0.3 is 10.1 Å². The topological polar surface area (TPSA) is 58.6 Å². The standard InChI is InChI=1S/C21H20F2N2O3/c1-13(24-20(26)8-4-15-12-17(22)5-6-18(15)23)14-3-7-19-16(11-14)9-10-25(19)21(27)28-2/h3-8,11-13H,9-10H2,1-2H3,(H,24,26)/b8-4+. The molecule has 0 spiro atoms. The number of amides is 2. The molecule has 1 aliphatic heterocycles. The summed E-state index contributed by atoms with van der Waals surface area (Å²) in [6.45, 7) is 2.37. The third kappa shape index (κ3) is 4.19. The van der Waals surface area contributed by atoms with Crippen LogP contribution in [-0.2, 0) is 16.0 Å². The lowest BCUT2D eigenvalue weighted by atomic mass is 10.0. The van der Waals surface area contributed by atoms with Crippen molar-refractivity contribution in [1.29, 1.82) is 0 Å². The van der Waals surface area contributed by atoms with Crippen LogP contribution in [0.3, 0.4) is 0 Å². The molecular formula is C21H20F2N2O3. The molecule has 0 bridgehead atoms. The number of hydrogen-bond acceptors (Lipinski definition) is 3. The van der Waals surface area contributed by atoms with Crippen molar-refractivity contribution < 1.29 is 23.1 Å². The van der Waals surface area contributed by atoms with E-state index in [1.165, 1.54) is 19.3 Å². The molecule has 1 N–H and O–H groups in total. The van der Waals surface area contributed by atoms with Crippen molar-refractivity contribution in [2.24, 2.45) is 0 Å². The SMILES string of the molecule is COC(=O)N1CCc2cc(C(C)NC(=O)/C=C/c3cc(F)ccc3F)ccc21. The van der Waals surface area contributed by atoms with Gasteiger partial charge in [0.1, 0.15) is 11.6 Å². The van der Waals surface area contributed by atoms with Crippen molar-refractivity contribution in [3.8, 4) is 0 Å². The molecule has 0 saturated carbocycles. The highest BCUT2D eigenvalue weighted by molar-refractivity contribution is 5.92. The highest BCUT2D eigenvalue weighted by Gasteiger charge is 2.25. The summed E-state index contributed by atoms with van der Waals surface area (Å²) in [5.41, 5.74) is 2.68. The Kier molecular flexibility index (Phi) is 5.73. The van der Waals surface area contributed by atoms with Gasteiger partial charge in [-0.3, -0.25) is 9.69 Å². The van der Waals surface area contributed by atoms with Gasteiger partial charge in [-0.05, 0) is 54.8 Å². The Morgan fingerprint density at radius 2 is 2.00 bits per heavy atom. The van der Waals surface area contributed by atoms with Crippen LogP contribution < -0.4 is 10.2 Å². The number of nitrogens with one attached hydrogen (secondary N) is 1. The van der Waals surface area contributed by atoms with E-state index in [1.807, 2.05) is 25.1 Å². The zero-order valence-corrected chi connectivity index (χ0v) is 15.5. The Morgan fingerprint density at radius 3 is 2.75 bits per heavy atom. The van der Waals surface area contributed by atoms with Gasteiger partial charge >= 0.3 is 6.09 Å². The van der Waals surface area contributed by atoms with E-state index >= 15 is 0 Å². The summed E-state index contributed by atoms with van der Waals surface area (Å²) in [6, 6.07) is 8.36. The maximum atomic E-state index is 13.6. The summed E-state index contributed by atoms with van der Waals surface area (Å²) in [5.74, 6) is -1.60. The molecule has 28 heavy (non-hydrogen) atoms. The van der Waals surface area contributed by atoms with Crippen molar-refractivity contribution in [3.63, 3.8) is 0 Å². The van der Waals surface area contributed by atoms with Crippen molar-refractivity contribution in [2.75, 3.05) is 18.6 Å². The van der Waals surface area contributed by atoms with E-state index in [0.717, 1.165) is 35.0 Å². The van der Waals surface area contributed by atoms with E-state index in [4.69, 9.17) is 4.74 Å². The smallest absolute Gasteiger partial charge is 0.414 e. The Morgan fingerprint density at radius 1 is 1.21 bits per heavy atom. The lowest BCUT2D eigenvalue weighted by molar-refractivity contribution is -0.117. The van der Waals surface area contributed by atoms with Crippen molar-refractivity contribution in [1.82, 2.24) is 5.32 Å². The van der Waals surface area contributed by atoms with E-state index in [0.29, 0.717) is 13.0 Å². The maximum Gasteiger partial charge on any atom is 0.414 e. The summed E-state index contributed by atoms with van der Waals surface area (Å²) in [6.07, 6.45) is 2.71. The van der Waals surface area contributed by atoms with Crippen LogP contribution in [0.1, 0.15) is 29.7 Å². The predicted molar refractivity (Wildman–Crippen MR) is 102 cm³/mol. The quantitative estimate of drug-likeness (QED) is 0.809. The van der Waals surface area contributed by atoms with Crippen molar-refractivity contribution >= 4 is 23.8 Å². The second kappa shape index (κ2) is 8.21. The maximum absolute atomic E-state index is 13.6. The zero-order valence-electron chi connectivity index (χ0n) is 15.5. The monoisotopic (exact) mass is 386 g/mol. The minimum atomic E-state index is -0.604. The molecule has 0 fully saturated rings. The van der Waals surface area contributed by atoms with E-state index in [-0.39, 0.29) is 11.6 Å². The summed E-state index contributed by atoms with van der Waals surface area (Å²) in [4.78, 5) is 25.5. The lowest BCUT2D eigenvalue weighted by Crippen LogP contribution is -2.28. The van der Waals surface area contributed by atoms with Gasteiger partial charge in [0.25, 0.3) is 0 Å². The van der Waals surface area contributed by atoms with Gasteiger partial charge in [0.2, 0.25) is 5.91 Å². The van der Waals surface area contributed by atoms with E-state index in [1.54, 1.807) is 4.90 Å². The van der Waals surface area contributed by atoms with Crippen LogP contribution in [0, 0.1) is 11.6 Å². The minimum Gasteiger partial charge on any atom is -0.452 e. The largest absolute Gasteiger partial charge is 0.452 e. The van der Waals surface area contributed by atoms with Gasteiger partial charge in [-0.1, -0.05) is 12.1 Å². The molecule has 1 unspecified atom stereocenters. The van der Waals surface area contributed by atoms with Gasteiger partial charge in [0.15, 0.2) is 0 Å². The fourth-order valence-electron chi connectivity index (χ4n) is 3.14. The molecule has 0 aromatic heterocycles. The number of ether oxygens (including phenoxy) is 1. The van der Waals surface area contributed by atoms with Crippen LogP contribution >= 0.6 is 0 Å². The molecule has 0 aliphatic carbocycles. The second-order valence-corrected chi connectivity index (χ2v) is 6.49.